The minimum atomic E-state index is -0.245. The number of nitriles is 1. The average molecular weight is 251 g/mol. The highest BCUT2D eigenvalue weighted by Crippen LogP contribution is 2.18. The number of carbonyl (C=O) groups is 1. The summed E-state index contributed by atoms with van der Waals surface area (Å²) in [5.41, 5.74) is 8.83. The standard InChI is InChI=1S/C15H13N3O/c1-10-7-13(17)5-6-14(10)18-15(19)12-4-2-3-11(8-12)9-16/h2-8H,17H2,1H3,(H,18,19). The molecule has 0 unspecified atom stereocenters. The van der Waals surface area contributed by atoms with Crippen molar-refractivity contribution in [2.75, 3.05) is 11.1 Å². The van der Waals surface area contributed by atoms with Crippen molar-refractivity contribution in [1.29, 1.82) is 5.26 Å². The molecular formula is C15H13N3O. The van der Waals surface area contributed by atoms with Gasteiger partial charge in [-0.2, -0.15) is 5.26 Å². The van der Waals surface area contributed by atoms with Crippen LogP contribution in [0.1, 0.15) is 21.5 Å². The Morgan fingerprint density at radius 2 is 2.05 bits per heavy atom. The van der Waals surface area contributed by atoms with Crippen molar-refractivity contribution in [2.45, 2.75) is 6.92 Å². The Morgan fingerprint density at radius 1 is 1.26 bits per heavy atom. The summed E-state index contributed by atoms with van der Waals surface area (Å²) in [6.45, 7) is 1.87. The molecule has 0 aliphatic rings. The Kier molecular flexibility index (Phi) is 3.48. The fourth-order valence-electron chi connectivity index (χ4n) is 1.75. The van der Waals surface area contributed by atoms with Crippen LogP contribution in [0.3, 0.4) is 0 Å². The molecular weight excluding hydrogens is 238 g/mol. The van der Waals surface area contributed by atoms with Gasteiger partial charge in [-0.15, -0.1) is 0 Å². The Bertz CT molecular complexity index is 671. The van der Waals surface area contributed by atoms with E-state index in [2.05, 4.69) is 5.32 Å². The molecule has 0 atom stereocenters. The van der Waals surface area contributed by atoms with Crippen LogP contribution in [0.5, 0.6) is 0 Å². The summed E-state index contributed by atoms with van der Waals surface area (Å²) in [4.78, 5) is 12.1. The number of rotatable bonds is 2. The number of nitrogen functional groups attached to an aromatic ring is 1. The Balaban J connectivity index is 2.23. The molecule has 0 heterocycles. The van der Waals surface area contributed by atoms with Crippen molar-refractivity contribution in [1.82, 2.24) is 0 Å². The quantitative estimate of drug-likeness (QED) is 0.805. The summed E-state index contributed by atoms with van der Waals surface area (Å²) in [6, 6.07) is 13.9. The normalized spacial score (nSPS) is 9.68. The predicted molar refractivity (Wildman–Crippen MR) is 74.7 cm³/mol. The van der Waals surface area contributed by atoms with Crippen LogP contribution in [-0.2, 0) is 0 Å². The van der Waals surface area contributed by atoms with E-state index in [-0.39, 0.29) is 5.91 Å². The molecule has 1 amide bonds. The molecule has 0 radical (unpaired) electrons. The van der Waals surface area contributed by atoms with Crippen LogP contribution in [0, 0.1) is 18.3 Å². The van der Waals surface area contributed by atoms with Crippen molar-refractivity contribution in [3.8, 4) is 6.07 Å². The maximum Gasteiger partial charge on any atom is 0.255 e. The molecule has 0 saturated carbocycles. The van der Waals surface area contributed by atoms with Crippen LogP contribution in [0.2, 0.25) is 0 Å². The number of hydrogen-bond acceptors (Lipinski definition) is 3. The molecule has 4 heteroatoms. The van der Waals surface area contributed by atoms with Crippen molar-refractivity contribution >= 4 is 17.3 Å². The zero-order chi connectivity index (χ0) is 13.8. The fourth-order valence-corrected chi connectivity index (χ4v) is 1.75. The van der Waals surface area contributed by atoms with Gasteiger partial charge in [-0.05, 0) is 48.9 Å². The Hall–Kier alpha value is -2.80. The third kappa shape index (κ3) is 2.90. The molecule has 3 N–H and O–H groups in total. The number of aryl methyl sites for hydroxylation is 1. The lowest BCUT2D eigenvalue weighted by molar-refractivity contribution is 0.102. The van der Waals surface area contributed by atoms with Gasteiger partial charge in [0.1, 0.15) is 0 Å². The second kappa shape index (κ2) is 5.23. The van der Waals surface area contributed by atoms with Gasteiger partial charge in [0.15, 0.2) is 0 Å². The first-order valence-electron chi connectivity index (χ1n) is 5.78. The van der Waals surface area contributed by atoms with Gasteiger partial charge in [0.2, 0.25) is 0 Å². The van der Waals surface area contributed by atoms with Crippen molar-refractivity contribution in [3.63, 3.8) is 0 Å². The number of benzene rings is 2. The molecule has 19 heavy (non-hydrogen) atoms. The van der Waals surface area contributed by atoms with Crippen LogP contribution >= 0.6 is 0 Å². The first-order valence-corrected chi connectivity index (χ1v) is 5.78. The first kappa shape index (κ1) is 12.7. The third-order valence-corrected chi connectivity index (χ3v) is 2.75. The number of amides is 1. The van der Waals surface area contributed by atoms with Crippen molar-refractivity contribution < 1.29 is 4.79 Å². The molecule has 2 rings (SSSR count). The van der Waals surface area contributed by atoms with Crippen LogP contribution < -0.4 is 11.1 Å². The lowest BCUT2D eigenvalue weighted by Gasteiger charge is -2.09. The van der Waals surface area contributed by atoms with E-state index in [4.69, 9.17) is 11.0 Å². The molecule has 0 saturated heterocycles. The zero-order valence-corrected chi connectivity index (χ0v) is 10.5. The highest BCUT2D eigenvalue weighted by Gasteiger charge is 2.08. The molecule has 2 aromatic carbocycles. The fraction of sp³-hybridized carbons (Fsp3) is 0.0667. The number of nitrogens with one attached hydrogen (secondary N) is 1. The minimum absolute atomic E-state index is 0.245. The van der Waals surface area contributed by atoms with Gasteiger partial charge in [0, 0.05) is 16.9 Å². The van der Waals surface area contributed by atoms with Crippen LogP contribution in [0.15, 0.2) is 42.5 Å². The predicted octanol–water partition coefficient (Wildman–Crippen LogP) is 2.70. The summed E-state index contributed by atoms with van der Waals surface area (Å²) in [5, 5.41) is 11.6. The van der Waals surface area contributed by atoms with Crippen LogP contribution in [0.25, 0.3) is 0 Å². The SMILES string of the molecule is Cc1cc(N)ccc1NC(=O)c1cccc(C#N)c1. The molecule has 4 nitrogen and oxygen atoms in total. The Morgan fingerprint density at radius 3 is 2.74 bits per heavy atom. The molecule has 0 aliphatic heterocycles. The van der Waals surface area contributed by atoms with E-state index < -0.39 is 0 Å². The van der Waals surface area contributed by atoms with Gasteiger partial charge in [0.25, 0.3) is 5.91 Å². The van der Waals surface area contributed by atoms with E-state index in [1.54, 1.807) is 42.5 Å². The lowest BCUT2D eigenvalue weighted by atomic mass is 10.1. The Labute approximate surface area is 111 Å². The van der Waals surface area contributed by atoms with Crippen molar-refractivity contribution in [2.24, 2.45) is 0 Å². The van der Waals surface area contributed by atoms with E-state index in [1.165, 1.54) is 0 Å². The maximum absolute atomic E-state index is 12.1. The van der Waals surface area contributed by atoms with Gasteiger partial charge in [0.05, 0.1) is 11.6 Å². The lowest BCUT2D eigenvalue weighted by Crippen LogP contribution is -2.13. The van der Waals surface area contributed by atoms with Gasteiger partial charge < -0.3 is 11.1 Å². The molecule has 94 valence electrons. The van der Waals surface area contributed by atoms with E-state index in [9.17, 15) is 4.79 Å². The summed E-state index contributed by atoms with van der Waals surface area (Å²) in [5.74, 6) is -0.245. The van der Waals surface area contributed by atoms with Crippen molar-refractivity contribution in [3.05, 3.63) is 59.2 Å². The summed E-state index contributed by atoms with van der Waals surface area (Å²) in [6.07, 6.45) is 0. The van der Waals surface area contributed by atoms with Gasteiger partial charge in [-0.3, -0.25) is 4.79 Å². The third-order valence-electron chi connectivity index (χ3n) is 2.75. The van der Waals surface area contributed by atoms with E-state index >= 15 is 0 Å². The smallest absolute Gasteiger partial charge is 0.255 e. The molecule has 2 aromatic rings. The van der Waals surface area contributed by atoms with Gasteiger partial charge in [-0.25, -0.2) is 0 Å². The molecule has 0 aliphatic carbocycles. The monoisotopic (exact) mass is 251 g/mol. The highest BCUT2D eigenvalue weighted by molar-refractivity contribution is 6.04. The minimum Gasteiger partial charge on any atom is -0.399 e. The molecule has 0 bridgehead atoms. The average Bonchev–Trinajstić information content (AvgIpc) is 2.42. The van der Waals surface area contributed by atoms with E-state index in [0.29, 0.717) is 22.5 Å². The summed E-state index contributed by atoms with van der Waals surface area (Å²) >= 11 is 0. The summed E-state index contributed by atoms with van der Waals surface area (Å²) in [7, 11) is 0. The number of carbonyl (C=O) groups excluding carboxylic acids is 1. The molecule has 0 spiro atoms. The maximum atomic E-state index is 12.1. The van der Waals surface area contributed by atoms with Gasteiger partial charge >= 0.3 is 0 Å². The molecule has 0 aromatic heterocycles. The first-order chi connectivity index (χ1) is 9.10. The highest BCUT2D eigenvalue weighted by atomic mass is 16.1. The van der Waals surface area contributed by atoms with Crippen LogP contribution in [0.4, 0.5) is 11.4 Å². The largest absolute Gasteiger partial charge is 0.399 e. The number of anilines is 2. The van der Waals surface area contributed by atoms with Gasteiger partial charge in [-0.1, -0.05) is 6.07 Å². The number of nitrogens with two attached hydrogens (primary N) is 1. The topological polar surface area (TPSA) is 78.9 Å². The van der Waals surface area contributed by atoms with E-state index in [1.807, 2.05) is 13.0 Å². The second-order valence-corrected chi connectivity index (χ2v) is 4.22. The van der Waals surface area contributed by atoms with E-state index in [0.717, 1.165) is 5.56 Å². The van der Waals surface area contributed by atoms with Crippen LogP contribution in [-0.4, -0.2) is 5.91 Å². The molecule has 0 fully saturated rings. The number of hydrogen-bond donors (Lipinski definition) is 2. The second-order valence-electron chi connectivity index (χ2n) is 4.22. The summed E-state index contributed by atoms with van der Waals surface area (Å²) < 4.78 is 0. The zero-order valence-electron chi connectivity index (χ0n) is 10.5. The number of nitrogens with zero attached hydrogens (tertiary/aromatic N) is 1.